The Morgan fingerprint density at radius 2 is 1.92 bits per heavy atom. The Labute approximate surface area is 155 Å². The van der Waals surface area contributed by atoms with E-state index >= 15 is 0 Å². The van der Waals surface area contributed by atoms with Crippen LogP contribution in [-0.4, -0.2) is 18.9 Å². The summed E-state index contributed by atoms with van der Waals surface area (Å²) in [5.41, 5.74) is 4.56. The molecule has 4 aromatic rings. The number of hydrogen-bond acceptors (Lipinski definition) is 4. The van der Waals surface area contributed by atoms with Gasteiger partial charge in [-0.15, -0.1) is 0 Å². The maximum Gasteiger partial charge on any atom is 0.258 e. The quantitative estimate of drug-likeness (QED) is 0.518. The van der Waals surface area contributed by atoms with Gasteiger partial charge in [0.05, 0.1) is 11.4 Å². The molecule has 1 aromatic carbocycles. The predicted molar refractivity (Wildman–Crippen MR) is 104 cm³/mol. The van der Waals surface area contributed by atoms with Gasteiger partial charge in [-0.2, -0.15) is 0 Å². The Morgan fingerprint density at radius 1 is 1.08 bits per heavy atom. The van der Waals surface area contributed by atoms with Crippen LogP contribution in [-0.2, 0) is 5.75 Å². The number of nitrogens with zero attached hydrogens (tertiary/aromatic N) is 4. The van der Waals surface area contributed by atoms with Gasteiger partial charge >= 0.3 is 0 Å². The molecule has 0 fully saturated rings. The predicted octanol–water partition coefficient (Wildman–Crippen LogP) is 3.79. The second-order valence-electron chi connectivity index (χ2n) is 6.10. The van der Waals surface area contributed by atoms with Gasteiger partial charge in [0, 0.05) is 29.9 Å². The largest absolute Gasteiger partial charge is 0.295 e. The van der Waals surface area contributed by atoms with Crippen LogP contribution >= 0.6 is 11.8 Å². The summed E-state index contributed by atoms with van der Waals surface area (Å²) in [7, 11) is 0. The smallest absolute Gasteiger partial charge is 0.258 e. The summed E-state index contributed by atoms with van der Waals surface area (Å²) in [6.45, 7) is 3.99. The van der Waals surface area contributed by atoms with Gasteiger partial charge in [-0.1, -0.05) is 36.0 Å². The van der Waals surface area contributed by atoms with Gasteiger partial charge in [-0.25, -0.2) is 9.97 Å². The Morgan fingerprint density at radius 3 is 2.77 bits per heavy atom. The lowest BCUT2D eigenvalue weighted by molar-refractivity contribution is 0.886. The van der Waals surface area contributed by atoms with E-state index in [0.717, 1.165) is 22.2 Å². The van der Waals surface area contributed by atoms with Crippen LogP contribution in [0.1, 0.15) is 17.0 Å². The number of rotatable bonds is 4. The number of thioether (sulfide) groups is 1. The summed E-state index contributed by atoms with van der Waals surface area (Å²) in [5, 5.41) is 0.880. The van der Waals surface area contributed by atoms with Gasteiger partial charge in [0.25, 0.3) is 5.56 Å². The minimum absolute atomic E-state index is 0.0501. The zero-order valence-electron chi connectivity index (χ0n) is 14.6. The summed E-state index contributed by atoms with van der Waals surface area (Å²) < 4.78 is 3.69. The highest BCUT2D eigenvalue weighted by Gasteiger charge is 2.10. The van der Waals surface area contributed by atoms with Gasteiger partial charge in [-0.05, 0) is 37.6 Å². The molecule has 3 aromatic heterocycles. The van der Waals surface area contributed by atoms with Gasteiger partial charge in [-0.3, -0.25) is 13.8 Å². The average Bonchev–Trinajstić information content (AvgIpc) is 3.08. The van der Waals surface area contributed by atoms with Crippen LogP contribution in [0, 0.1) is 13.8 Å². The normalized spacial score (nSPS) is 11.2. The van der Waals surface area contributed by atoms with E-state index in [1.807, 2.05) is 43.5 Å². The molecule has 0 atom stereocenters. The average molecular weight is 362 g/mol. The van der Waals surface area contributed by atoms with Crippen molar-refractivity contribution in [2.24, 2.45) is 0 Å². The molecule has 3 heterocycles. The van der Waals surface area contributed by atoms with E-state index in [4.69, 9.17) is 0 Å². The van der Waals surface area contributed by atoms with Crippen molar-refractivity contribution >= 4 is 17.4 Å². The van der Waals surface area contributed by atoms with Gasteiger partial charge < -0.3 is 0 Å². The first-order valence-corrected chi connectivity index (χ1v) is 9.32. The molecule has 0 radical (unpaired) electrons. The molecule has 0 amide bonds. The minimum Gasteiger partial charge on any atom is -0.295 e. The second kappa shape index (κ2) is 6.80. The molecule has 6 heteroatoms. The molecular weight excluding hydrogens is 344 g/mol. The summed E-state index contributed by atoms with van der Waals surface area (Å²) in [5.74, 6) is 0.586. The highest BCUT2D eigenvalue weighted by molar-refractivity contribution is 7.98. The maximum atomic E-state index is 12.4. The standard InChI is InChI=1S/C20H18N4OS/c1-14-6-3-4-8-17(14)23-11-10-21-20(23)26-13-16-12-19(25)24-15(2)7-5-9-18(24)22-16/h3-12H,13H2,1-2H3. The Kier molecular flexibility index (Phi) is 4.34. The number of para-hydroxylation sites is 1. The topological polar surface area (TPSA) is 52.2 Å². The first-order chi connectivity index (χ1) is 12.6. The van der Waals surface area contributed by atoms with Crippen molar-refractivity contribution < 1.29 is 0 Å². The SMILES string of the molecule is Cc1ccccc1-n1ccnc1SCc1cc(=O)n2c(C)cccc2n1. The number of aromatic nitrogens is 4. The molecule has 0 bridgehead atoms. The molecule has 0 aliphatic heterocycles. The van der Waals surface area contributed by atoms with Gasteiger partial charge in [0.15, 0.2) is 5.16 Å². The summed E-state index contributed by atoms with van der Waals surface area (Å²) in [6, 6.07) is 15.5. The van der Waals surface area contributed by atoms with E-state index in [1.54, 1.807) is 28.4 Å². The lowest BCUT2D eigenvalue weighted by Crippen LogP contribution is -2.17. The highest BCUT2D eigenvalue weighted by atomic mass is 32.2. The zero-order valence-corrected chi connectivity index (χ0v) is 15.4. The van der Waals surface area contributed by atoms with Crippen molar-refractivity contribution in [1.29, 1.82) is 0 Å². The third-order valence-electron chi connectivity index (χ3n) is 4.26. The van der Waals surface area contributed by atoms with Crippen LogP contribution < -0.4 is 5.56 Å². The van der Waals surface area contributed by atoms with Gasteiger partial charge in [0.1, 0.15) is 5.65 Å². The van der Waals surface area contributed by atoms with Crippen LogP contribution in [0.4, 0.5) is 0 Å². The fourth-order valence-corrected chi connectivity index (χ4v) is 3.85. The first kappa shape index (κ1) is 16.6. The molecule has 5 nitrogen and oxygen atoms in total. The minimum atomic E-state index is -0.0501. The van der Waals surface area contributed by atoms with Crippen LogP contribution in [0.5, 0.6) is 0 Å². The monoisotopic (exact) mass is 362 g/mol. The molecule has 4 rings (SSSR count). The lowest BCUT2D eigenvalue weighted by Gasteiger charge is -2.10. The van der Waals surface area contributed by atoms with Crippen molar-refractivity contribution in [3.05, 3.63) is 88.2 Å². The molecule has 0 saturated carbocycles. The number of benzene rings is 1. The molecule has 0 aliphatic carbocycles. The molecule has 0 N–H and O–H groups in total. The summed E-state index contributed by atoms with van der Waals surface area (Å²) >= 11 is 1.57. The lowest BCUT2D eigenvalue weighted by atomic mass is 10.2. The van der Waals surface area contributed by atoms with Gasteiger partial charge in [0.2, 0.25) is 0 Å². The Balaban J connectivity index is 1.63. The van der Waals surface area contributed by atoms with E-state index in [2.05, 4.69) is 33.6 Å². The number of hydrogen-bond donors (Lipinski definition) is 0. The third kappa shape index (κ3) is 3.04. The van der Waals surface area contributed by atoms with E-state index in [9.17, 15) is 4.79 Å². The van der Waals surface area contributed by atoms with Crippen LogP contribution in [0.15, 0.2) is 70.9 Å². The molecule has 0 spiro atoms. The van der Waals surface area contributed by atoms with E-state index in [1.165, 1.54) is 5.56 Å². The van der Waals surface area contributed by atoms with Crippen molar-refractivity contribution in [1.82, 2.24) is 18.9 Å². The number of pyridine rings is 1. The van der Waals surface area contributed by atoms with E-state index in [0.29, 0.717) is 11.4 Å². The van der Waals surface area contributed by atoms with Crippen LogP contribution in [0.3, 0.4) is 0 Å². The number of fused-ring (bicyclic) bond motifs is 1. The van der Waals surface area contributed by atoms with Crippen molar-refractivity contribution in [3.63, 3.8) is 0 Å². The van der Waals surface area contributed by atoms with Crippen molar-refractivity contribution in [3.8, 4) is 5.69 Å². The summed E-state index contributed by atoms with van der Waals surface area (Å²) in [6.07, 6.45) is 3.75. The fraction of sp³-hybridized carbons (Fsp3) is 0.150. The van der Waals surface area contributed by atoms with E-state index < -0.39 is 0 Å². The number of aryl methyl sites for hydroxylation is 2. The highest BCUT2D eigenvalue weighted by Crippen LogP contribution is 2.24. The molecular formula is C20H18N4OS. The van der Waals surface area contributed by atoms with Crippen molar-refractivity contribution in [2.75, 3.05) is 0 Å². The molecule has 0 aliphatic rings. The molecule has 130 valence electrons. The second-order valence-corrected chi connectivity index (χ2v) is 7.04. The third-order valence-corrected chi connectivity index (χ3v) is 5.26. The molecule has 0 unspecified atom stereocenters. The zero-order chi connectivity index (χ0) is 18.1. The Hall–Kier alpha value is -2.86. The Bertz CT molecular complexity index is 1150. The summed E-state index contributed by atoms with van der Waals surface area (Å²) in [4.78, 5) is 21.5. The van der Waals surface area contributed by atoms with Crippen LogP contribution in [0.25, 0.3) is 11.3 Å². The first-order valence-electron chi connectivity index (χ1n) is 8.34. The number of imidazole rings is 1. The fourth-order valence-electron chi connectivity index (χ4n) is 2.99. The molecule has 26 heavy (non-hydrogen) atoms. The van der Waals surface area contributed by atoms with Crippen molar-refractivity contribution in [2.45, 2.75) is 24.8 Å². The molecule has 0 saturated heterocycles. The maximum absolute atomic E-state index is 12.4. The van der Waals surface area contributed by atoms with E-state index in [-0.39, 0.29) is 5.56 Å². The van der Waals surface area contributed by atoms with Crippen LogP contribution in [0.2, 0.25) is 0 Å².